The molecule has 0 bridgehead atoms. The summed E-state index contributed by atoms with van der Waals surface area (Å²) in [6.45, 7) is 4.29. The summed E-state index contributed by atoms with van der Waals surface area (Å²) in [6.07, 6.45) is 2.17. The summed E-state index contributed by atoms with van der Waals surface area (Å²) in [7, 11) is 1.98. The molecule has 2 aromatic rings. The fourth-order valence-electron chi connectivity index (χ4n) is 2.93. The third kappa shape index (κ3) is 2.69. The molecule has 0 atom stereocenters. The van der Waals surface area contributed by atoms with E-state index in [1.54, 1.807) is 6.07 Å². The van der Waals surface area contributed by atoms with Gasteiger partial charge in [0.2, 0.25) is 0 Å². The van der Waals surface area contributed by atoms with Gasteiger partial charge in [-0.25, -0.2) is 4.39 Å². The molecule has 20 heavy (non-hydrogen) atoms. The Morgan fingerprint density at radius 3 is 2.95 bits per heavy atom. The van der Waals surface area contributed by atoms with Crippen molar-refractivity contribution in [2.75, 3.05) is 33.2 Å². The number of aromatic nitrogens is 1. The van der Waals surface area contributed by atoms with Gasteiger partial charge in [0.25, 0.3) is 0 Å². The van der Waals surface area contributed by atoms with E-state index in [4.69, 9.17) is 4.52 Å². The van der Waals surface area contributed by atoms with Crippen LogP contribution in [0.25, 0.3) is 11.0 Å². The number of rotatable bonds is 4. The number of likely N-dealkylation sites (N-methyl/N-ethyl adjacent to an activating group) is 1. The monoisotopic (exact) mass is 277 g/mol. The zero-order valence-corrected chi connectivity index (χ0v) is 11.7. The van der Waals surface area contributed by atoms with E-state index in [1.807, 2.05) is 7.05 Å². The lowest BCUT2D eigenvalue weighted by Gasteiger charge is -2.31. The molecule has 0 saturated carbocycles. The maximum atomic E-state index is 13.2. The average Bonchev–Trinajstić information content (AvgIpc) is 2.88. The van der Waals surface area contributed by atoms with Gasteiger partial charge in [0.15, 0.2) is 5.58 Å². The van der Waals surface area contributed by atoms with Crippen molar-refractivity contribution >= 4 is 11.0 Å². The molecule has 1 saturated heterocycles. The number of piperidine rings is 1. The summed E-state index contributed by atoms with van der Waals surface area (Å²) in [5.74, 6) is 0.148. The van der Waals surface area contributed by atoms with Crippen molar-refractivity contribution in [3.05, 3.63) is 29.7 Å². The van der Waals surface area contributed by atoms with Crippen LogP contribution in [0.4, 0.5) is 4.39 Å². The molecule has 1 aliphatic heterocycles. The van der Waals surface area contributed by atoms with Gasteiger partial charge in [-0.3, -0.25) is 0 Å². The Balaban J connectivity index is 1.70. The van der Waals surface area contributed by atoms with Gasteiger partial charge in [-0.05, 0) is 45.1 Å². The molecule has 1 fully saturated rings. The Hall–Kier alpha value is -1.46. The van der Waals surface area contributed by atoms with Crippen LogP contribution in [0, 0.1) is 5.82 Å². The first-order valence-electron chi connectivity index (χ1n) is 7.19. The topological polar surface area (TPSA) is 41.3 Å². The zero-order valence-electron chi connectivity index (χ0n) is 11.7. The van der Waals surface area contributed by atoms with E-state index in [0.717, 1.165) is 50.1 Å². The molecule has 1 aromatic carbocycles. The Morgan fingerprint density at radius 1 is 1.40 bits per heavy atom. The summed E-state index contributed by atoms with van der Waals surface area (Å²) >= 11 is 0. The van der Waals surface area contributed by atoms with Crippen molar-refractivity contribution < 1.29 is 8.91 Å². The summed E-state index contributed by atoms with van der Waals surface area (Å²) in [6, 6.07) is 4.67. The Bertz CT molecular complexity index is 576. The molecule has 0 amide bonds. The van der Waals surface area contributed by atoms with E-state index in [-0.39, 0.29) is 5.82 Å². The fourth-order valence-corrected chi connectivity index (χ4v) is 2.93. The summed E-state index contributed by atoms with van der Waals surface area (Å²) in [4.78, 5) is 2.47. The van der Waals surface area contributed by atoms with Crippen molar-refractivity contribution in [1.29, 1.82) is 0 Å². The second-order valence-corrected chi connectivity index (χ2v) is 5.43. The molecule has 5 heteroatoms. The molecule has 0 aliphatic carbocycles. The molecule has 4 nitrogen and oxygen atoms in total. The highest BCUT2D eigenvalue weighted by molar-refractivity contribution is 5.79. The van der Waals surface area contributed by atoms with Crippen molar-refractivity contribution in [2.45, 2.75) is 18.8 Å². The lowest BCUT2D eigenvalue weighted by atomic mass is 9.91. The van der Waals surface area contributed by atoms with Crippen LogP contribution in [-0.4, -0.2) is 43.3 Å². The van der Waals surface area contributed by atoms with Crippen molar-refractivity contribution in [3.63, 3.8) is 0 Å². The number of fused-ring (bicyclic) bond motifs is 1. The van der Waals surface area contributed by atoms with Crippen LogP contribution in [-0.2, 0) is 0 Å². The fraction of sp³-hybridized carbons (Fsp3) is 0.533. The van der Waals surface area contributed by atoms with E-state index in [1.165, 1.54) is 12.1 Å². The molecular formula is C15H20FN3O. The minimum absolute atomic E-state index is 0.276. The first kappa shape index (κ1) is 13.5. The molecule has 0 unspecified atom stereocenters. The average molecular weight is 277 g/mol. The number of likely N-dealkylation sites (tertiary alicyclic amines) is 1. The number of benzene rings is 1. The van der Waals surface area contributed by atoms with Crippen LogP contribution in [0.5, 0.6) is 0 Å². The molecular weight excluding hydrogens is 257 g/mol. The molecule has 1 aliphatic rings. The van der Waals surface area contributed by atoms with Gasteiger partial charge in [-0.2, -0.15) is 0 Å². The molecule has 2 heterocycles. The lowest BCUT2D eigenvalue weighted by Crippen LogP contribution is -2.37. The van der Waals surface area contributed by atoms with Gasteiger partial charge in [0.1, 0.15) is 5.82 Å². The molecule has 0 radical (unpaired) electrons. The van der Waals surface area contributed by atoms with E-state index in [2.05, 4.69) is 15.4 Å². The van der Waals surface area contributed by atoms with Crippen LogP contribution >= 0.6 is 0 Å². The molecule has 1 aromatic heterocycles. The summed E-state index contributed by atoms with van der Waals surface area (Å²) < 4.78 is 18.4. The van der Waals surface area contributed by atoms with E-state index in [0.29, 0.717) is 11.5 Å². The van der Waals surface area contributed by atoms with Crippen LogP contribution in [0.15, 0.2) is 22.7 Å². The third-order valence-electron chi connectivity index (χ3n) is 4.11. The van der Waals surface area contributed by atoms with E-state index >= 15 is 0 Å². The minimum Gasteiger partial charge on any atom is -0.356 e. The van der Waals surface area contributed by atoms with Crippen LogP contribution < -0.4 is 5.32 Å². The van der Waals surface area contributed by atoms with Crippen molar-refractivity contribution in [3.8, 4) is 0 Å². The lowest BCUT2D eigenvalue weighted by molar-refractivity contribution is 0.211. The maximum Gasteiger partial charge on any atom is 0.170 e. The maximum absolute atomic E-state index is 13.2. The second kappa shape index (κ2) is 5.89. The molecule has 108 valence electrons. The predicted octanol–water partition coefficient (Wildman–Crippen LogP) is 2.37. The number of hydrogen-bond acceptors (Lipinski definition) is 4. The second-order valence-electron chi connectivity index (χ2n) is 5.43. The number of nitrogens with one attached hydrogen (secondary N) is 1. The highest BCUT2D eigenvalue weighted by atomic mass is 19.1. The van der Waals surface area contributed by atoms with Crippen molar-refractivity contribution in [1.82, 2.24) is 15.4 Å². The highest BCUT2D eigenvalue weighted by Gasteiger charge is 2.24. The van der Waals surface area contributed by atoms with Gasteiger partial charge in [-0.15, -0.1) is 0 Å². The first-order chi connectivity index (χ1) is 9.78. The molecule has 0 spiro atoms. The van der Waals surface area contributed by atoms with Crippen molar-refractivity contribution in [2.24, 2.45) is 0 Å². The summed E-state index contributed by atoms with van der Waals surface area (Å²) in [5.41, 5.74) is 1.55. The molecule has 1 N–H and O–H groups in total. The smallest absolute Gasteiger partial charge is 0.170 e. The highest BCUT2D eigenvalue weighted by Crippen LogP contribution is 2.32. The van der Waals surface area contributed by atoms with Gasteiger partial charge in [0, 0.05) is 30.5 Å². The van der Waals surface area contributed by atoms with Gasteiger partial charge in [0.05, 0.1) is 5.69 Å². The zero-order chi connectivity index (χ0) is 13.9. The standard InChI is InChI=1S/C15H20FN3O/c1-17-6-9-19-7-4-11(5-8-19)15-13-3-2-12(16)10-14(13)20-18-15/h2-3,10-11,17H,4-9H2,1H3. The van der Waals surface area contributed by atoms with Gasteiger partial charge in [-0.1, -0.05) is 5.16 Å². The number of hydrogen-bond donors (Lipinski definition) is 1. The predicted molar refractivity (Wildman–Crippen MR) is 76.3 cm³/mol. The normalized spacial score (nSPS) is 17.9. The molecule has 3 rings (SSSR count). The van der Waals surface area contributed by atoms with Crippen LogP contribution in [0.2, 0.25) is 0 Å². The van der Waals surface area contributed by atoms with E-state index < -0.39 is 0 Å². The van der Waals surface area contributed by atoms with Gasteiger partial charge < -0.3 is 14.7 Å². The van der Waals surface area contributed by atoms with Crippen LogP contribution in [0.3, 0.4) is 0 Å². The Labute approximate surface area is 117 Å². The van der Waals surface area contributed by atoms with Crippen LogP contribution in [0.1, 0.15) is 24.5 Å². The SMILES string of the molecule is CNCCN1CCC(c2noc3cc(F)ccc23)CC1. The van der Waals surface area contributed by atoms with E-state index in [9.17, 15) is 4.39 Å². The number of halogens is 1. The Kier molecular flexibility index (Phi) is 3.98. The first-order valence-corrected chi connectivity index (χ1v) is 7.19. The Morgan fingerprint density at radius 2 is 2.20 bits per heavy atom. The number of nitrogens with zero attached hydrogens (tertiary/aromatic N) is 2. The third-order valence-corrected chi connectivity index (χ3v) is 4.11. The largest absolute Gasteiger partial charge is 0.356 e. The summed E-state index contributed by atoms with van der Waals surface area (Å²) in [5, 5.41) is 8.31. The quantitative estimate of drug-likeness (QED) is 0.931. The van der Waals surface area contributed by atoms with Gasteiger partial charge >= 0.3 is 0 Å². The minimum atomic E-state index is -0.276.